The zero-order valence-corrected chi connectivity index (χ0v) is 22.3. The summed E-state index contributed by atoms with van der Waals surface area (Å²) in [6.07, 6.45) is 4.14. The molecule has 0 spiro atoms. The molecule has 3 aromatic rings. The number of hydrogen-bond donors (Lipinski definition) is 1. The summed E-state index contributed by atoms with van der Waals surface area (Å²) in [6, 6.07) is 18.4. The van der Waals surface area contributed by atoms with Crippen molar-refractivity contribution in [3.05, 3.63) is 99.9 Å². The molecule has 1 N–H and O–H groups in total. The minimum atomic E-state index is -0.851. The van der Waals surface area contributed by atoms with Crippen molar-refractivity contribution in [3.8, 4) is 11.5 Å². The summed E-state index contributed by atoms with van der Waals surface area (Å²) in [5.74, 6) is -0.937. The molecule has 210 valence electrons. The zero-order valence-electron chi connectivity index (χ0n) is 22.3. The molecule has 10 heteroatoms. The Kier molecular flexibility index (Phi) is 9.66. The average Bonchev–Trinajstić information content (AvgIpc) is 3.47. The number of nitro groups is 1. The lowest BCUT2D eigenvalue weighted by Crippen LogP contribution is -2.53. The molecule has 1 fully saturated rings. The van der Waals surface area contributed by atoms with E-state index >= 15 is 0 Å². The summed E-state index contributed by atoms with van der Waals surface area (Å²) in [7, 11) is 1.30. The van der Waals surface area contributed by atoms with Crippen molar-refractivity contribution in [1.82, 2.24) is 10.2 Å². The van der Waals surface area contributed by atoms with Gasteiger partial charge in [-0.2, -0.15) is 0 Å². The lowest BCUT2D eigenvalue weighted by Gasteiger charge is -2.32. The minimum absolute atomic E-state index is 0.00369. The first-order chi connectivity index (χ1) is 19.3. The fraction of sp³-hybridized carbons (Fsp3) is 0.333. The number of nitrogens with zero attached hydrogens (tertiary/aromatic N) is 2. The SMILES string of the molecule is COc1cc(OCC(=O)N(Cc2ccc(F)cc2)C(Cc2ccccc2)C(=O)NC2CCCC2)ccc1[N+](=O)[O-]. The van der Waals surface area contributed by atoms with Crippen LogP contribution in [0.3, 0.4) is 0 Å². The van der Waals surface area contributed by atoms with Gasteiger partial charge in [0.1, 0.15) is 17.6 Å². The number of carbonyl (C=O) groups is 2. The van der Waals surface area contributed by atoms with Gasteiger partial charge in [-0.3, -0.25) is 19.7 Å². The van der Waals surface area contributed by atoms with E-state index in [4.69, 9.17) is 9.47 Å². The molecule has 0 aliphatic heterocycles. The van der Waals surface area contributed by atoms with Crippen LogP contribution < -0.4 is 14.8 Å². The zero-order chi connectivity index (χ0) is 28.5. The third-order valence-corrected chi connectivity index (χ3v) is 6.95. The van der Waals surface area contributed by atoms with E-state index in [0.717, 1.165) is 31.2 Å². The third kappa shape index (κ3) is 7.56. The number of methoxy groups -OCH3 is 1. The highest BCUT2D eigenvalue weighted by Gasteiger charge is 2.32. The van der Waals surface area contributed by atoms with Crippen LogP contribution in [0.2, 0.25) is 0 Å². The number of hydrogen-bond acceptors (Lipinski definition) is 6. The van der Waals surface area contributed by atoms with Gasteiger partial charge >= 0.3 is 5.69 Å². The van der Waals surface area contributed by atoms with Crippen molar-refractivity contribution >= 4 is 17.5 Å². The maximum atomic E-state index is 13.7. The summed E-state index contributed by atoms with van der Waals surface area (Å²) in [5.41, 5.74) is 1.30. The second-order valence-corrected chi connectivity index (χ2v) is 9.72. The van der Waals surface area contributed by atoms with Crippen LogP contribution in [0, 0.1) is 15.9 Å². The quantitative estimate of drug-likeness (QED) is 0.256. The fourth-order valence-electron chi connectivity index (χ4n) is 4.83. The maximum absolute atomic E-state index is 13.7. The van der Waals surface area contributed by atoms with Crippen LogP contribution in [0.5, 0.6) is 11.5 Å². The molecule has 1 aliphatic carbocycles. The van der Waals surface area contributed by atoms with Crippen LogP contribution in [0.25, 0.3) is 0 Å². The predicted molar refractivity (Wildman–Crippen MR) is 146 cm³/mol. The van der Waals surface area contributed by atoms with Crippen LogP contribution >= 0.6 is 0 Å². The van der Waals surface area contributed by atoms with Gasteiger partial charge < -0.3 is 19.7 Å². The molecule has 0 heterocycles. The first-order valence-corrected chi connectivity index (χ1v) is 13.2. The number of ether oxygens (including phenoxy) is 2. The monoisotopic (exact) mass is 549 g/mol. The maximum Gasteiger partial charge on any atom is 0.311 e. The molecular formula is C30H32FN3O6. The van der Waals surface area contributed by atoms with Gasteiger partial charge in [0.05, 0.1) is 12.0 Å². The molecule has 0 bridgehead atoms. The Hall–Kier alpha value is -4.47. The van der Waals surface area contributed by atoms with Gasteiger partial charge in [0.25, 0.3) is 5.91 Å². The largest absolute Gasteiger partial charge is 0.490 e. The third-order valence-electron chi connectivity index (χ3n) is 6.95. The molecule has 40 heavy (non-hydrogen) atoms. The van der Waals surface area contributed by atoms with E-state index in [9.17, 15) is 24.1 Å². The van der Waals surface area contributed by atoms with Crippen LogP contribution in [0.4, 0.5) is 10.1 Å². The molecule has 1 saturated carbocycles. The molecule has 1 unspecified atom stereocenters. The van der Waals surface area contributed by atoms with Gasteiger partial charge in [-0.05, 0) is 42.2 Å². The number of nitrogens with one attached hydrogen (secondary N) is 1. The van der Waals surface area contributed by atoms with Crippen molar-refractivity contribution in [1.29, 1.82) is 0 Å². The van der Waals surface area contributed by atoms with E-state index in [2.05, 4.69) is 5.32 Å². The van der Waals surface area contributed by atoms with Gasteiger partial charge in [0, 0.05) is 31.1 Å². The summed E-state index contributed by atoms with van der Waals surface area (Å²) in [4.78, 5) is 39.5. The van der Waals surface area contributed by atoms with E-state index in [1.807, 2.05) is 30.3 Å². The predicted octanol–water partition coefficient (Wildman–Crippen LogP) is 4.82. The Morgan fingerprint density at radius 2 is 1.75 bits per heavy atom. The van der Waals surface area contributed by atoms with Crippen molar-refractivity contribution in [2.45, 2.75) is 50.7 Å². The lowest BCUT2D eigenvalue weighted by molar-refractivity contribution is -0.385. The van der Waals surface area contributed by atoms with Gasteiger partial charge in [-0.15, -0.1) is 0 Å². The fourth-order valence-corrected chi connectivity index (χ4v) is 4.83. The van der Waals surface area contributed by atoms with Gasteiger partial charge in [-0.1, -0.05) is 55.3 Å². The Labute approximate surface area is 232 Å². The minimum Gasteiger partial charge on any atom is -0.490 e. The molecule has 4 rings (SSSR count). The second kappa shape index (κ2) is 13.5. The first kappa shape index (κ1) is 28.5. The summed E-state index contributed by atoms with van der Waals surface area (Å²) in [5, 5.41) is 14.3. The molecule has 1 aliphatic rings. The topological polar surface area (TPSA) is 111 Å². The van der Waals surface area contributed by atoms with Crippen molar-refractivity contribution < 1.29 is 28.4 Å². The highest BCUT2D eigenvalue weighted by Crippen LogP contribution is 2.31. The van der Waals surface area contributed by atoms with E-state index < -0.39 is 29.3 Å². The number of carbonyl (C=O) groups excluding carboxylic acids is 2. The second-order valence-electron chi connectivity index (χ2n) is 9.72. The van der Waals surface area contributed by atoms with Crippen LogP contribution in [0.1, 0.15) is 36.8 Å². The summed E-state index contributed by atoms with van der Waals surface area (Å²) in [6.45, 7) is -0.369. The molecule has 9 nitrogen and oxygen atoms in total. The van der Waals surface area contributed by atoms with E-state index in [-0.39, 0.29) is 42.1 Å². The van der Waals surface area contributed by atoms with Crippen LogP contribution in [0.15, 0.2) is 72.8 Å². The molecule has 0 radical (unpaired) electrons. The summed E-state index contributed by atoms with van der Waals surface area (Å²) >= 11 is 0. The summed E-state index contributed by atoms with van der Waals surface area (Å²) < 4.78 is 24.4. The number of rotatable bonds is 12. The Bertz CT molecular complexity index is 1310. The highest BCUT2D eigenvalue weighted by molar-refractivity contribution is 5.88. The Balaban J connectivity index is 1.61. The van der Waals surface area contributed by atoms with Gasteiger partial charge in [-0.25, -0.2) is 4.39 Å². The first-order valence-electron chi connectivity index (χ1n) is 13.2. The molecule has 2 amide bonds. The average molecular weight is 550 g/mol. The normalized spacial score (nSPS) is 13.8. The number of amides is 2. The standard InChI is InChI=1S/C30H32FN3O6/c1-39-28-18-25(15-16-26(28)34(37)38)40-20-29(35)33(19-22-11-13-23(31)14-12-22)27(17-21-7-3-2-4-8-21)30(36)32-24-9-5-6-10-24/h2-4,7-8,11-16,18,24,27H,5-6,9-10,17,19-20H2,1H3,(H,32,36). The molecule has 3 aromatic carbocycles. The smallest absolute Gasteiger partial charge is 0.311 e. The van der Waals surface area contributed by atoms with Crippen molar-refractivity contribution in [3.63, 3.8) is 0 Å². The number of nitro benzene ring substituents is 1. The van der Waals surface area contributed by atoms with Crippen molar-refractivity contribution in [2.24, 2.45) is 0 Å². The van der Waals surface area contributed by atoms with Crippen LogP contribution in [-0.2, 0) is 22.6 Å². The number of halogens is 1. The lowest BCUT2D eigenvalue weighted by atomic mass is 10.0. The Morgan fingerprint density at radius 3 is 2.40 bits per heavy atom. The highest BCUT2D eigenvalue weighted by atomic mass is 19.1. The molecular weight excluding hydrogens is 517 g/mol. The molecule has 0 aromatic heterocycles. The van der Waals surface area contributed by atoms with E-state index in [1.165, 1.54) is 42.3 Å². The Morgan fingerprint density at radius 1 is 1.05 bits per heavy atom. The van der Waals surface area contributed by atoms with Gasteiger partial charge in [0.15, 0.2) is 6.61 Å². The molecule has 1 atom stereocenters. The van der Waals surface area contributed by atoms with E-state index in [0.29, 0.717) is 5.56 Å². The van der Waals surface area contributed by atoms with E-state index in [1.54, 1.807) is 12.1 Å². The van der Waals surface area contributed by atoms with Crippen LogP contribution in [-0.4, -0.2) is 47.4 Å². The molecule has 0 saturated heterocycles. The number of benzene rings is 3. The van der Waals surface area contributed by atoms with Gasteiger partial charge in [0.2, 0.25) is 11.7 Å². The van der Waals surface area contributed by atoms with Crippen molar-refractivity contribution in [2.75, 3.05) is 13.7 Å².